The summed E-state index contributed by atoms with van der Waals surface area (Å²) < 4.78 is 56.1. The lowest BCUT2D eigenvalue weighted by Crippen LogP contribution is -2.42. The average molecular weight is 557 g/mol. The van der Waals surface area contributed by atoms with Crippen LogP contribution in [0.3, 0.4) is 0 Å². The fourth-order valence-electron chi connectivity index (χ4n) is 3.47. The molecule has 1 aliphatic rings. The molecule has 0 saturated carbocycles. The Hall–Kier alpha value is -5.11. The van der Waals surface area contributed by atoms with Crippen LogP contribution in [0.1, 0.15) is 16.1 Å². The fraction of sp³-hybridized carbons (Fsp3) is 0.154. The van der Waals surface area contributed by atoms with Crippen LogP contribution in [0.15, 0.2) is 73.4 Å². The summed E-state index contributed by atoms with van der Waals surface area (Å²) in [7, 11) is 1.45. The molecule has 40 heavy (non-hydrogen) atoms. The lowest BCUT2D eigenvalue weighted by molar-refractivity contribution is -0.419. The van der Waals surface area contributed by atoms with Gasteiger partial charge in [0.25, 0.3) is 11.8 Å². The molecule has 0 radical (unpaired) electrons. The SMILES string of the molecule is C=CC1(F)OC(F)(F)Oc2ccc(NC(=O)Nc3ccc(Oc4ccnc(C(=O)NCC(=O)NC)c4)cc3)cc21. The van der Waals surface area contributed by atoms with Crippen LogP contribution in [0.5, 0.6) is 17.2 Å². The zero-order chi connectivity index (χ0) is 28.9. The first kappa shape index (κ1) is 27.9. The number of urea groups is 1. The van der Waals surface area contributed by atoms with Crippen LogP contribution < -0.4 is 30.7 Å². The molecule has 11 nitrogen and oxygen atoms in total. The van der Waals surface area contributed by atoms with Crippen molar-refractivity contribution in [3.05, 3.63) is 84.7 Å². The number of aromatic nitrogens is 1. The molecule has 1 aliphatic heterocycles. The molecular weight excluding hydrogens is 535 g/mol. The number of anilines is 2. The number of carbonyl (C=O) groups excluding carboxylic acids is 3. The summed E-state index contributed by atoms with van der Waals surface area (Å²) in [6.07, 6.45) is -2.26. The highest BCUT2D eigenvalue weighted by atomic mass is 19.3. The monoisotopic (exact) mass is 557 g/mol. The maximum atomic E-state index is 14.9. The highest BCUT2D eigenvalue weighted by molar-refractivity contribution is 6.00. The van der Waals surface area contributed by atoms with Gasteiger partial charge in [0.1, 0.15) is 22.9 Å². The minimum atomic E-state index is -4.19. The van der Waals surface area contributed by atoms with Gasteiger partial charge in [-0.15, -0.1) is 8.78 Å². The van der Waals surface area contributed by atoms with Gasteiger partial charge in [-0.3, -0.25) is 14.6 Å². The Balaban J connectivity index is 1.36. The molecule has 4 amide bonds. The second-order valence-electron chi connectivity index (χ2n) is 8.17. The topological polar surface area (TPSA) is 140 Å². The van der Waals surface area contributed by atoms with Crippen molar-refractivity contribution in [3.63, 3.8) is 0 Å². The number of rotatable bonds is 8. The molecule has 0 spiro atoms. The molecular formula is C26H22F3N5O6. The smallest absolute Gasteiger partial charge is 0.457 e. The van der Waals surface area contributed by atoms with Gasteiger partial charge in [0, 0.05) is 30.7 Å². The third-order valence-corrected chi connectivity index (χ3v) is 5.36. The number of fused-ring (bicyclic) bond motifs is 1. The molecule has 14 heteroatoms. The number of nitrogens with one attached hydrogen (secondary N) is 4. The van der Waals surface area contributed by atoms with E-state index in [4.69, 9.17) is 4.74 Å². The van der Waals surface area contributed by atoms with Crippen molar-refractivity contribution in [2.45, 2.75) is 12.1 Å². The van der Waals surface area contributed by atoms with Crippen LogP contribution in [-0.4, -0.2) is 42.7 Å². The number of hydrogen-bond acceptors (Lipinski definition) is 7. The van der Waals surface area contributed by atoms with Crippen LogP contribution in [-0.2, 0) is 15.4 Å². The number of ether oxygens (including phenoxy) is 3. The van der Waals surface area contributed by atoms with Gasteiger partial charge in [-0.25, -0.2) is 13.9 Å². The summed E-state index contributed by atoms with van der Waals surface area (Å²) in [6.45, 7) is 2.99. The summed E-state index contributed by atoms with van der Waals surface area (Å²) in [4.78, 5) is 39.9. The van der Waals surface area contributed by atoms with Crippen LogP contribution >= 0.6 is 0 Å². The highest BCUT2D eigenvalue weighted by Crippen LogP contribution is 2.46. The van der Waals surface area contributed by atoms with Crippen molar-refractivity contribution in [1.29, 1.82) is 0 Å². The molecule has 1 atom stereocenters. The van der Waals surface area contributed by atoms with Gasteiger partial charge in [0.15, 0.2) is 0 Å². The highest BCUT2D eigenvalue weighted by Gasteiger charge is 2.52. The molecule has 0 bridgehead atoms. The van der Waals surface area contributed by atoms with Crippen molar-refractivity contribution < 1.29 is 41.8 Å². The Morgan fingerprint density at radius 3 is 2.40 bits per heavy atom. The van der Waals surface area contributed by atoms with Crippen molar-refractivity contribution >= 4 is 29.2 Å². The number of hydrogen-bond donors (Lipinski definition) is 4. The number of halogens is 3. The Kier molecular flexibility index (Phi) is 7.90. The number of pyridine rings is 1. The second kappa shape index (κ2) is 11.3. The molecule has 3 aromatic rings. The molecule has 208 valence electrons. The van der Waals surface area contributed by atoms with E-state index < -0.39 is 35.4 Å². The minimum absolute atomic E-state index is 0.0449. The van der Waals surface area contributed by atoms with E-state index in [1.165, 1.54) is 43.6 Å². The first-order valence-electron chi connectivity index (χ1n) is 11.5. The zero-order valence-corrected chi connectivity index (χ0v) is 20.8. The maximum absolute atomic E-state index is 14.9. The van der Waals surface area contributed by atoms with Crippen LogP contribution in [0, 0.1) is 0 Å². The summed E-state index contributed by atoms with van der Waals surface area (Å²) in [5.74, 6) is -3.74. The molecule has 4 rings (SSSR count). The fourth-order valence-corrected chi connectivity index (χ4v) is 3.47. The lowest BCUT2D eigenvalue weighted by Gasteiger charge is -2.34. The molecule has 1 unspecified atom stereocenters. The minimum Gasteiger partial charge on any atom is -0.457 e. The maximum Gasteiger partial charge on any atom is 0.538 e. The van der Waals surface area contributed by atoms with Gasteiger partial charge in [0.05, 0.1) is 12.1 Å². The molecule has 0 aliphatic carbocycles. The Bertz CT molecular complexity index is 1450. The first-order valence-corrected chi connectivity index (χ1v) is 11.5. The van der Waals surface area contributed by atoms with Crippen LogP contribution in [0.25, 0.3) is 0 Å². The number of likely N-dealkylation sites (N-methyl/N-ethyl adjacent to an activating group) is 1. The van der Waals surface area contributed by atoms with Gasteiger partial charge in [0.2, 0.25) is 5.91 Å². The van der Waals surface area contributed by atoms with Crippen LogP contribution in [0.2, 0.25) is 0 Å². The van der Waals surface area contributed by atoms with E-state index in [0.717, 1.165) is 12.1 Å². The molecule has 2 aromatic carbocycles. The molecule has 0 saturated heterocycles. The third-order valence-electron chi connectivity index (χ3n) is 5.36. The summed E-state index contributed by atoms with van der Waals surface area (Å²) >= 11 is 0. The second-order valence-corrected chi connectivity index (χ2v) is 8.17. The van der Waals surface area contributed by atoms with E-state index in [-0.39, 0.29) is 23.8 Å². The lowest BCUT2D eigenvalue weighted by atomic mass is 10.0. The standard InChI is InChI=1S/C26H22F3N5O6/c1-3-25(27)19-12-16(6-9-21(19)39-26(28,29)40-25)34-24(37)33-15-4-7-17(8-5-15)38-18-10-11-31-20(13-18)23(36)32-14-22(35)30-2/h3-13H,1,14H2,2H3,(H,30,35)(H,32,36)(H2,33,34,37). The number of carbonyl (C=O) groups is 3. The number of amides is 4. The zero-order valence-electron chi connectivity index (χ0n) is 20.8. The Labute approximate surface area is 225 Å². The van der Waals surface area contributed by atoms with E-state index in [1.807, 2.05) is 0 Å². The average Bonchev–Trinajstić information content (AvgIpc) is 2.92. The van der Waals surface area contributed by atoms with Gasteiger partial charge >= 0.3 is 12.3 Å². The first-order chi connectivity index (χ1) is 19.0. The molecule has 4 N–H and O–H groups in total. The third kappa shape index (κ3) is 6.66. The summed E-state index contributed by atoms with van der Waals surface area (Å²) in [5, 5.41) is 9.84. The predicted octanol–water partition coefficient (Wildman–Crippen LogP) is 4.26. The Morgan fingerprint density at radius 2 is 1.70 bits per heavy atom. The van der Waals surface area contributed by atoms with Gasteiger partial charge in [-0.1, -0.05) is 6.58 Å². The van der Waals surface area contributed by atoms with Gasteiger partial charge in [-0.2, -0.15) is 0 Å². The largest absolute Gasteiger partial charge is 0.538 e. The summed E-state index contributed by atoms with van der Waals surface area (Å²) in [6, 6.07) is 11.8. The quantitative estimate of drug-likeness (QED) is 0.304. The van der Waals surface area contributed by atoms with E-state index in [2.05, 4.69) is 42.3 Å². The van der Waals surface area contributed by atoms with Gasteiger partial charge < -0.3 is 30.7 Å². The van der Waals surface area contributed by atoms with E-state index >= 15 is 0 Å². The van der Waals surface area contributed by atoms with Crippen LogP contribution in [0.4, 0.5) is 29.3 Å². The number of benzene rings is 2. The van der Waals surface area contributed by atoms with Crippen molar-refractivity contribution in [2.75, 3.05) is 24.2 Å². The molecule has 0 fully saturated rings. The van der Waals surface area contributed by atoms with Gasteiger partial charge in [-0.05, 0) is 54.6 Å². The van der Waals surface area contributed by atoms with E-state index in [1.54, 1.807) is 12.1 Å². The van der Waals surface area contributed by atoms with Crippen molar-refractivity contribution in [3.8, 4) is 17.2 Å². The van der Waals surface area contributed by atoms with E-state index in [9.17, 15) is 27.6 Å². The van der Waals surface area contributed by atoms with E-state index in [0.29, 0.717) is 23.3 Å². The van der Waals surface area contributed by atoms with Crippen molar-refractivity contribution in [1.82, 2.24) is 15.6 Å². The predicted molar refractivity (Wildman–Crippen MR) is 136 cm³/mol. The van der Waals surface area contributed by atoms with Crippen molar-refractivity contribution in [2.24, 2.45) is 0 Å². The number of nitrogens with zero attached hydrogens (tertiary/aromatic N) is 1. The Morgan fingerprint density at radius 1 is 1.00 bits per heavy atom. The normalized spacial score (nSPS) is 16.9. The number of alkyl halides is 3. The molecule has 2 heterocycles. The summed E-state index contributed by atoms with van der Waals surface area (Å²) in [5.41, 5.74) is 0.0915. The molecule has 1 aromatic heterocycles.